The zero-order valence-corrected chi connectivity index (χ0v) is 17.6. The Labute approximate surface area is 165 Å². The standard InChI is InChI=1S/C19H33N3O6/c1-7-28-17(26)18(6)14(23)10-19(21-27,9-12(4)5)16(25)22(18)15(24)13(20)8-11(2)3/h11-13,21,27H,7-10,20H2,1-6H3/t13-,18+,19-/m0/s1. The number of ether oxygens (including phenoxy) is 1. The van der Waals surface area contributed by atoms with Crippen molar-refractivity contribution in [2.45, 2.75) is 77.9 Å². The third kappa shape index (κ3) is 4.42. The Morgan fingerprint density at radius 1 is 1.25 bits per heavy atom. The summed E-state index contributed by atoms with van der Waals surface area (Å²) in [4.78, 5) is 52.8. The molecule has 1 heterocycles. The maximum absolute atomic E-state index is 13.4. The quantitative estimate of drug-likeness (QED) is 0.309. The molecule has 0 aromatic rings. The van der Waals surface area contributed by atoms with Gasteiger partial charge in [-0.15, -0.1) is 0 Å². The van der Waals surface area contributed by atoms with Gasteiger partial charge >= 0.3 is 5.97 Å². The van der Waals surface area contributed by atoms with Crippen LogP contribution in [0.1, 0.15) is 60.8 Å². The predicted octanol–water partition coefficient (Wildman–Crippen LogP) is 0.773. The van der Waals surface area contributed by atoms with Gasteiger partial charge in [-0.3, -0.25) is 19.3 Å². The minimum Gasteiger partial charge on any atom is -0.464 e. The zero-order chi connectivity index (χ0) is 21.9. The number of carbonyl (C=O) groups is 4. The Hall–Kier alpha value is -1.84. The molecule has 0 radical (unpaired) electrons. The lowest BCUT2D eigenvalue weighted by molar-refractivity contribution is -0.184. The van der Waals surface area contributed by atoms with Crippen molar-refractivity contribution in [3.8, 4) is 0 Å². The van der Waals surface area contributed by atoms with Gasteiger partial charge in [0, 0.05) is 6.42 Å². The van der Waals surface area contributed by atoms with E-state index >= 15 is 0 Å². The maximum atomic E-state index is 13.4. The summed E-state index contributed by atoms with van der Waals surface area (Å²) in [5.41, 5.74) is 4.11. The number of rotatable bonds is 8. The summed E-state index contributed by atoms with van der Waals surface area (Å²) in [7, 11) is 0. The number of hydrogen-bond acceptors (Lipinski definition) is 8. The Balaban J connectivity index is 3.54. The van der Waals surface area contributed by atoms with E-state index in [2.05, 4.69) is 0 Å². The smallest absolute Gasteiger partial charge is 0.340 e. The van der Waals surface area contributed by atoms with Crippen molar-refractivity contribution in [1.29, 1.82) is 0 Å². The molecule has 1 saturated heterocycles. The molecule has 4 N–H and O–H groups in total. The van der Waals surface area contributed by atoms with Crippen LogP contribution in [-0.4, -0.2) is 57.4 Å². The fourth-order valence-corrected chi connectivity index (χ4v) is 3.62. The first kappa shape index (κ1) is 24.2. The average molecular weight is 399 g/mol. The van der Waals surface area contributed by atoms with Crippen molar-refractivity contribution in [2.75, 3.05) is 6.61 Å². The van der Waals surface area contributed by atoms with Crippen LogP contribution in [0.25, 0.3) is 0 Å². The van der Waals surface area contributed by atoms with Crippen molar-refractivity contribution in [1.82, 2.24) is 10.4 Å². The van der Waals surface area contributed by atoms with Crippen molar-refractivity contribution in [2.24, 2.45) is 17.6 Å². The second-order valence-electron chi connectivity index (χ2n) is 8.40. The first-order valence-corrected chi connectivity index (χ1v) is 9.63. The molecule has 28 heavy (non-hydrogen) atoms. The van der Waals surface area contributed by atoms with Gasteiger partial charge in [0.1, 0.15) is 5.54 Å². The lowest BCUT2D eigenvalue weighted by Crippen LogP contribution is -2.76. The zero-order valence-electron chi connectivity index (χ0n) is 17.6. The number of hydroxylamine groups is 1. The number of amides is 2. The Morgan fingerprint density at radius 2 is 1.82 bits per heavy atom. The van der Waals surface area contributed by atoms with Crippen LogP contribution in [0, 0.1) is 11.8 Å². The fourth-order valence-electron chi connectivity index (χ4n) is 3.62. The maximum Gasteiger partial charge on any atom is 0.340 e. The number of carbonyl (C=O) groups excluding carboxylic acids is 4. The molecular weight excluding hydrogens is 366 g/mol. The van der Waals surface area contributed by atoms with E-state index in [0.29, 0.717) is 4.90 Å². The summed E-state index contributed by atoms with van der Waals surface area (Å²) >= 11 is 0. The molecular formula is C19H33N3O6. The summed E-state index contributed by atoms with van der Waals surface area (Å²) in [6, 6.07) is -1.08. The lowest BCUT2D eigenvalue weighted by atomic mass is 9.73. The molecule has 0 bridgehead atoms. The van der Waals surface area contributed by atoms with Gasteiger partial charge in [-0.05, 0) is 38.5 Å². The molecule has 9 heteroatoms. The topological polar surface area (TPSA) is 139 Å². The van der Waals surface area contributed by atoms with Gasteiger partial charge in [0.05, 0.1) is 12.6 Å². The fraction of sp³-hybridized carbons (Fsp3) is 0.789. The second-order valence-corrected chi connectivity index (χ2v) is 8.40. The molecule has 2 amide bonds. The number of esters is 1. The normalized spacial score (nSPS) is 26.7. The number of nitrogens with zero attached hydrogens (tertiary/aromatic N) is 1. The van der Waals surface area contributed by atoms with Crippen LogP contribution in [0.3, 0.4) is 0 Å². The first-order chi connectivity index (χ1) is 12.9. The Kier molecular flexibility index (Phi) is 7.87. The van der Waals surface area contributed by atoms with E-state index in [1.54, 1.807) is 6.92 Å². The largest absolute Gasteiger partial charge is 0.464 e. The molecule has 1 aliphatic rings. The van der Waals surface area contributed by atoms with Gasteiger partial charge in [-0.25, -0.2) is 4.79 Å². The van der Waals surface area contributed by atoms with Crippen molar-refractivity contribution in [3.63, 3.8) is 0 Å². The lowest BCUT2D eigenvalue weighted by Gasteiger charge is -2.48. The Morgan fingerprint density at radius 3 is 2.25 bits per heavy atom. The third-order valence-corrected chi connectivity index (χ3v) is 4.97. The van der Waals surface area contributed by atoms with E-state index in [0.717, 1.165) is 0 Å². The van der Waals surface area contributed by atoms with Crippen molar-refractivity contribution in [3.05, 3.63) is 0 Å². The highest BCUT2D eigenvalue weighted by atomic mass is 16.5. The molecule has 0 spiro atoms. The number of likely N-dealkylation sites (tertiary alicyclic amines) is 1. The van der Waals surface area contributed by atoms with Crippen LogP contribution in [0.5, 0.6) is 0 Å². The summed E-state index contributed by atoms with van der Waals surface area (Å²) in [5.74, 6) is -3.41. The molecule has 0 aromatic heterocycles. The molecule has 0 unspecified atom stereocenters. The van der Waals surface area contributed by atoms with Crippen LogP contribution in [0.2, 0.25) is 0 Å². The average Bonchev–Trinajstić information content (AvgIpc) is 2.58. The first-order valence-electron chi connectivity index (χ1n) is 9.63. The van der Waals surface area contributed by atoms with Gasteiger partial charge in [0.15, 0.2) is 5.78 Å². The van der Waals surface area contributed by atoms with Gasteiger partial charge in [0.2, 0.25) is 11.4 Å². The summed E-state index contributed by atoms with van der Waals surface area (Å²) in [6.45, 7) is 10.1. The van der Waals surface area contributed by atoms with E-state index in [-0.39, 0.29) is 31.3 Å². The molecule has 0 saturated carbocycles. The van der Waals surface area contributed by atoms with Crippen molar-refractivity contribution >= 4 is 23.6 Å². The van der Waals surface area contributed by atoms with E-state index in [1.165, 1.54) is 6.92 Å². The van der Waals surface area contributed by atoms with E-state index in [9.17, 15) is 24.4 Å². The molecule has 1 fully saturated rings. The van der Waals surface area contributed by atoms with E-state index < -0.39 is 47.1 Å². The van der Waals surface area contributed by atoms with Crippen LogP contribution >= 0.6 is 0 Å². The minimum atomic E-state index is -2.13. The third-order valence-electron chi connectivity index (χ3n) is 4.97. The molecule has 160 valence electrons. The summed E-state index contributed by atoms with van der Waals surface area (Å²) in [5, 5.41) is 9.77. The highest BCUT2D eigenvalue weighted by molar-refractivity contribution is 6.21. The van der Waals surface area contributed by atoms with Gasteiger partial charge in [0.25, 0.3) is 5.91 Å². The highest BCUT2D eigenvalue weighted by Crippen LogP contribution is 2.37. The van der Waals surface area contributed by atoms with Crippen LogP contribution in [-0.2, 0) is 23.9 Å². The molecule has 0 aromatic carbocycles. The number of ketones is 1. The summed E-state index contributed by atoms with van der Waals surface area (Å²) < 4.78 is 5.00. The molecule has 3 atom stereocenters. The number of Topliss-reactive ketones (excluding diaryl/α,β-unsaturated/α-hetero) is 1. The summed E-state index contributed by atoms with van der Waals surface area (Å²) in [6.07, 6.45) is -0.0886. The molecule has 0 aliphatic carbocycles. The number of nitrogens with one attached hydrogen (secondary N) is 1. The van der Waals surface area contributed by atoms with E-state index in [4.69, 9.17) is 10.5 Å². The monoisotopic (exact) mass is 399 g/mol. The molecule has 9 nitrogen and oxygen atoms in total. The van der Waals surface area contributed by atoms with Gasteiger partial charge in [-0.1, -0.05) is 27.7 Å². The predicted molar refractivity (Wildman–Crippen MR) is 101 cm³/mol. The highest BCUT2D eigenvalue weighted by Gasteiger charge is 2.63. The number of nitrogens with two attached hydrogens (primary N) is 1. The van der Waals surface area contributed by atoms with Crippen LogP contribution in [0.4, 0.5) is 0 Å². The van der Waals surface area contributed by atoms with E-state index in [1.807, 2.05) is 33.2 Å². The molecule has 1 aliphatic heterocycles. The second kappa shape index (κ2) is 9.11. The Bertz CT molecular complexity index is 635. The SMILES string of the molecule is CCOC(=O)[C@@]1(C)C(=O)C[C@](CC(C)C)(NO)C(=O)N1C(=O)[C@@H](N)CC(C)C. The van der Waals surface area contributed by atoms with Crippen LogP contribution < -0.4 is 11.2 Å². The molecule has 1 rings (SSSR count). The number of hydrogen-bond donors (Lipinski definition) is 3. The van der Waals surface area contributed by atoms with Gasteiger partial charge < -0.3 is 15.7 Å². The number of imide groups is 1. The number of piperidine rings is 1. The van der Waals surface area contributed by atoms with Crippen molar-refractivity contribution < 1.29 is 29.1 Å². The van der Waals surface area contributed by atoms with Gasteiger partial charge in [-0.2, -0.15) is 5.48 Å². The minimum absolute atomic E-state index is 0.0225. The van der Waals surface area contributed by atoms with Crippen LogP contribution in [0.15, 0.2) is 0 Å².